The third kappa shape index (κ3) is 3.57. The predicted molar refractivity (Wildman–Crippen MR) is 130 cm³/mol. The van der Waals surface area contributed by atoms with Crippen molar-refractivity contribution in [1.82, 2.24) is 29.1 Å². The van der Waals surface area contributed by atoms with Gasteiger partial charge in [0, 0.05) is 31.2 Å². The van der Waals surface area contributed by atoms with E-state index in [2.05, 4.69) is 26.0 Å². The van der Waals surface area contributed by atoms with Gasteiger partial charge in [-0.15, -0.1) is 0 Å². The van der Waals surface area contributed by atoms with Gasteiger partial charge in [0.2, 0.25) is 0 Å². The number of hydrogen-bond acceptors (Lipinski definition) is 5. The molecular formula is C26H23N7O. The summed E-state index contributed by atoms with van der Waals surface area (Å²) in [5.74, 6) is 0.813. The number of aryl methyl sites for hydroxylation is 2. The Labute approximate surface area is 196 Å². The van der Waals surface area contributed by atoms with Gasteiger partial charge < -0.3 is 9.55 Å². The molecule has 0 radical (unpaired) electrons. The Morgan fingerprint density at radius 1 is 1.06 bits per heavy atom. The molecule has 0 aliphatic heterocycles. The maximum absolute atomic E-state index is 13.0. The van der Waals surface area contributed by atoms with Crippen LogP contribution in [0.5, 0.6) is 0 Å². The van der Waals surface area contributed by atoms with Crippen LogP contribution in [0.4, 0.5) is 0 Å². The molecule has 0 unspecified atom stereocenters. The van der Waals surface area contributed by atoms with Gasteiger partial charge in [-0.25, -0.2) is 14.8 Å². The Kier molecular flexibility index (Phi) is 4.91. The quantitative estimate of drug-likeness (QED) is 0.441. The first-order valence-corrected chi connectivity index (χ1v) is 10.9. The summed E-state index contributed by atoms with van der Waals surface area (Å²) in [6, 6.07) is 15.7. The van der Waals surface area contributed by atoms with E-state index in [1.165, 1.54) is 4.57 Å². The molecule has 5 rings (SSSR count). The summed E-state index contributed by atoms with van der Waals surface area (Å²) in [5.41, 5.74) is 5.53. The summed E-state index contributed by atoms with van der Waals surface area (Å²) in [5, 5.41) is 9.43. The molecule has 8 nitrogen and oxygen atoms in total. The fourth-order valence-electron chi connectivity index (χ4n) is 4.00. The van der Waals surface area contributed by atoms with Crippen LogP contribution < -0.4 is 5.69 Å². The normalized spacial score (nSPS) is 11.6. The second-order valence-corrected chi connectivity index (χ2v) is 8.87. The highest BCUT2D eigenvalue weighted by Gasteiger charge is 2.20. The van der Waals surface area contributed by atoms with Crippen molar-refractivity contribution in [2.75, 3.05) is 0 Å². The Hall–Kier alpha value is -4.51. The molecule has 0 amide bonds. The molecule has 0 aliphatic carbocycles. The van der Waals surface area contributed by atoms with Crippen LogP contribution in [0.15, 0.2) is 65.8 Å². The number of fused-ring (bicyclic) bond motifs is 1. The molecule has 1 N–H and O–H groups in total. The molecule has 168 valence electrons. The number of aromatic amines is 1. The highest BCUT2D eigenvalue weighted by atomic mass is 16.1. The topological polar surface area (TPSA) is 105 Å². The highest BCUT2D eigenvalue weighted by Crippen LogP contribution is 2.28. The van der Waals surface area contributed by atoms with Gasteiger partial charge in [-0.3, -0.25) is 9.55 Å². The fourth-order valence-corrected chi connectivity index (χ4v) is 4.00. The van der Waals surface area contributed by atoms with Crippen LogP contribution in [-0.2, 0) is 12.5 Å². The molecule has 5 aromatic rings. The van der Waals surface area contributed by atoms with E-state index >= 15 is 0 Å². The molecule has 1 aromatic carbocycles. The maximum Gasteiger partial charge on any atom is 0.333 e. The number of pyridine rings is 2. The average Bonchev–Trinajstić information content (AvgIpc) is 3.36. The minimum Gasteiger partial charge on any atom is -0.327 e. The Morgan fingerprint density at radius 2 is 1.82 bits per heavy atom. The molecule has 34 heavy (non-hydrogen) atoms. The number of nitrogens with zero attached hydrogens (tertiary/aromatic N) is 6. The first-order chi connectivity index (χ1) is 16.3. The van der Waals surface area contributed by atoms with Crippen molar-refractivity contribution in [2.24, 2.45) is 7.05 Å². The predicted octanol–water partition coefficient (Wildman–Crippen LogP) is 4.29. The molecule has 0 fully saturated rings. The number of nitrogens with one attached hydrogen (secondary N) is 1. The Balaban J connectivity index is 1.60. The minimum absolute atomic E-state index is 0.176. The zero-order valence-electron chi connectivity index (χ0n) is 19.4. The standard InChI is InChI=1S/C26H23N7O/c1-16-30-22-12-18(13-29-24(22)31-16)17-9-10-28-21(11-17)23-14-32(4)25(34)33(23)20-7-5-19(6-8-20)26(2,3)15-27/h5-14H,1-4H3,(H,29,30,31). The first kappa shape index (κ1) is 21.3. The van der Waals surface area contributed by atoms with Crippen LogP contribution in [0.3, 0.4) is 0 Å². The summed E-state index contributed by atoms with van der Waals surface area (Å²) >= 11 is 0. The molecular weight excluding hydrogens is 426 g/mol. The van der Waals surface area contributed by atoms with Gasteiger partial charge in [0.15, 0.2) is 5.65 Å². The van der Waals surface area contributed by atoms with Crippen molar-refractivity contribution < 1.29 is 0 Å². The van der Waals surface area contributed by atoms with Crippen molar-refractivity contribution >= 4 is 11.2 Å². The minimum atomic E-state index is -0.610. The zero-order valence-corrected chi connectivity index (χ0v) is 19.4. The summed E-state index contributed by atoms with van der Waals surface area (Å²) in [4.78, 5) is 29.7. The van der Waals surface area contributed by atoms with E-state index in [1.54, 1.807) is 30.2 Å². The lowest BCUT2D eigenvalue weighted by Crippen LogP contribution is -2.21. The number of rotatable bonds is 4. The Morgan fingerprint density at radius 3 is 2.56 bits per heavy atom. The number of nitriles is 1. The summed E-state index contributed by atoms with van der Waals surface area (Å²) in [7, 11) is 1.72. The van der Waals surface area contributed by atoms with E-state index < -0.39 is 5.41 Å². The van der Waals surface area contributed by atoms with Crippen LogP contribution in [-0.4, -0.2) is 29.1 Å². The van der Waals surface area contributed by atoms with Crippen molar-refractivity contribution in [1.29, 1.82) is 5.26 Å². The summed E-state index contributed by atoms with van der Waals surface area (Å²) in [6.07, 6.45) is 5.30. The fraction of sp³-hybridized carbons (Fsp3) is 0.192. The van der Waals surface area contributed by atoms with E-state index in [-0.39, 0.29) is 5.69 Å². The first-order valence-electron chi connectivity index (χ1n) is 10.9. The SMILES string of the molecule is Cc1nc2cc(-c3ccnc(-c4cn(C)c(=O)n4-c4ccc(C(C)(C)C#N)cc4)c3)cnc2[nH]1. The van der Waals surface area contributed by atoms with E-state index in [0.717, 1.165) is 33.7 Å². The lowest BCUT2D eigenvalue weighted by molar-refractivity contribution is 0.686. The molecule has 0 atom stereocenters. The van der Waals surface area contributed by atoms with Crippen molar-refractivity contribution in [2.45, 2.75) is 26.2 Å². The van der Waals surface area contributed by atoms with Gasteiger partial charge in [0.25, 0.3) is 0 Å². The van der Waals surface area contributed by atoms with Crippen molar-refractivity contribution in [3.05, 3.63) is 82.9 Å². The molecule has 0 bridgehead atoms. The average molecular weight is 450 g/mol. The molecule has 4 heterocycles. The van der Waals surface area contributed by atoms with E-state index in [0.29, 0.717) is 17.1 Å². The Bertz CT molecular complexity index is 1630. The van der Waals surface area contributed by atoms with Gasteiger partial charge in [-0.05, 0) is 62.2 Å². The second-order valence-electron chi connectivity index (χ2n) is 8.87. The third-order valence-electron chi connectivity index (χ3n) is 5.99. The lowest BCUT2D eigenvalue weighted by atomic mass is 9.86. The molecule has 8 heteroatoms. The monoisotopic (exact) mass is 449 g/mol. The third-order valence-corrected chi connectivity index (χ3v) is 5.99. The van der Waals surface area contributed by atoms with Crippen LogP contribution in [0.1, 0.15) is 25.2 Å². The van der Waals surface area contributed by atoms with Crippen molar-refractivity contribution in [3.8, 4) is 34.3 Å². The van der Waals surface area contributed by atoms with E-state index in [1.807, 2.05) is 63.2 Å². The van der Waals surface area contributed by atoms with Crippen molar-refractivity contribution in [3.63, 3.8) is 0 Å². The molecule has 0 aliphatic rings. The van der Waals surface area contributed by atoms with E-state index in [4.69, 9.17) is 0 Å². The van der Waals surface area contributed by atoms with Gasteiger partial charge in [-0.1, -0.05) is 12.1 Å². The van der Waals surface area contributed by atoms with Crippen LogP contribution in [0.25, 0.3) is 39.4 Å². The lowest BCUT2D eigenvalue weighted by Gasteiger charge is -2.16. The number of benzene rings is 1. The number of aromatic nitrogens is 6. The van der Waals surface area contributed by atoms with Gasteiger partial charge in [-0.2, -0.15) is 5.26 Å². The zero-order chi connectivity index (χ0) is 24.0. The van der Waals surface area contributed by atoms with Gasteiger partial charge in [0.05, 0.1) is 28.6 Å². The van der Waals surface area contributed by atoms with Crippen LogP contribution in [0, 0.1) is 18.3 Å². The van der Waals surface area contributed by atoms with Gasteiger partial charge >= 0.3 is 5.69 Å². The molecule has 0 saturated carbocycles. The summed E-state index contributed by atoms with van der Waals surface area (Å²) < 4.78 is 3.17. The van der Waals surface area contributed by atoms with Crippen LogP contribution >= 0.6 is 0 Å². The van der Waals surface area contributed by atoms with E-state index in [9.17, 15) is 10.1 Å². The largest absolute Gasteiger partial charge is 0.333 e. The molecule has 4 aromatic heterocycles. The molecule has 0 saturated heterocycles. The maximum atomic E-state index is 13.0. The molecule has 0 spiro atoms. The second kappa shape index (κ2) is 7.81. The van der Waals surface area contributed by atoms with Gasteiger partial charge in [0.1, 0.15) is 11.3 Å². The number of imidazole rings is 2. The number of H-pyrrole nitrogens is 1. The number of hydrogen-bond donors (Lipinski definition) is 1. The smallest absolute Gasteiger partial charge is 0.327 e. The summed E-state index contributed by atoms with van der Waals surface area (Å²) in [6.45, 7) is 5.64. The highest BCUT2D eigenvalue weighted by molar-refractivity contribution is 5.79. The van der Waals surface area contributed by atoms with Crippen LogP contribution in [0.2, 0.25) is 0 Å².